The summed E-state index contributed by atoms with van der Waals surface area (Å²) < 4.78 is 0. The Morgan fingerprint density at radius 1 is 1.22 bits per heavy atom. The van der Waals surface area contributed by atoms with Crippen LogP contribution in [0, 0.1) is 18.9 Å². The summed E-state index contributed by atoms with van der Waals surface area (Å²) in [5.41, 5.74) is 0. The lowest BCUT2D eigenvalue weighted by molar-refractivity contribution is 0.350. The van der Waals surface area contributed by atoms with Crippen molar-refractivity contribution in [1.82, 2.24) is 5.32 Å². The summed E-state index contributed by atoms with van der Waals surface area (Å²) in [6, 6.07) is 0.804. The van der Waals surface area contributed by atoms with Crippen LogP contribution in [-0.2, 0) is 0 Å². The van der Waals surface area contributed by atoms with Gasteiger partial charge in [-0.25, -0.2) is 0 Å². The van der Waals surface area contributed by atoms with Crippen molar-refractivity contribution >= 4 is 0 Å². The summed E-state index contributed by atoms with van der Waals surface area (Å²) in [6.07, 6.45) is 7.98. The van der Waals surface area contributed by atoms with Crippen LogP contribution in [0.15, 0.2) is 0 Å². The van der Waals surface area contributed by atoms with Gasteiger partial charge in [-0.1, -0.05) is 12.8 Å². The zero-order valence-corrected chi connectivity index (χ0v) is 5.64. The lowest BCUT2D eigenvalue weighted by Gasteiger charge is -2.23. The smallest absolute Gasteiger partial charge is 0.0261 e. The molecule has 1 saturated heterocycles. The number of nitrogens with one attached hydrogen (secondary N) is 1. The molecule has 2 radical (unpaired) electrons. The molecule has 1 heterocycles. The number of hydrogen-bond acceptors (Lipinski definition) is 1. The number of rotatable bonds is 0. The molecule has 2 fully saturated rings. The Kier molecular flexibility index (Phi) is 1.46. The molecule has 50 valence electrons. The molecule has 2 atom stereocenters. The first-order valence-corrected chi connectivity index (χ1v) is 3.89. The molecule has 0 amide bonds. The van der Waals surface area contributed by atoms with Crippen LogP contribution >= 0.6 is 0 Å². The molecule has 0 aromatic carbocycles. The van der Waals surface area contributed by atoms with Gasteiger partial charge >= 0.3 is 0 Å². The molecular formula is C8H13N. The average Bonchev–Trinajstić information content (AvgIpc) is 2.33. The van der Waals surface area contributed by atoms with Gasteiger partial charge in [-0.05, 0) is 25.2 Å². The van der Waals surface area contributed by atoms with E-state index in [-0.39, 0.29) is 0 Å². The van der Waals surface area contributed by atoms with E-state index in [4.69, 9.17) is 0 Å². The molecule has 1 aliphatic carbocycles. The molecule has 0 spiro atoms. The first-order valence-electron chi connectivity index (χ1n) is 3.89. The molecule has 0 aromatic rings. The van der Waals surface area contributed by atoms with Gasteiger partial charge in [0.25, 0.3) is 0 Å². The Morgan fingerprint density at radius 3 is 3.00 bits per heavy atom. The van der Waals surface area contributed by atoms with Crippen molar-refractivity contribution in [2.45, 2.75) is 31.7 Å². The van der Waals surface area contributed by atoms with Crippen molar-refractivity contribution in [2.75, 3.05) is 0 Å². The van der Waals surface area contributed by atoms with Gasteiger partial charge in [-0.15, -0.1) is 0 Å². The molecule has 1 heteroatoms. The zero-order chi connectivity index (χ0) is 6.10. The molecule has 1 N–H and O–H groups in total. The summed E-state index contributed by atoms with van der Waals surface area (Å²) in [5, 5.41) is 3.38. The summed E-state index contributed by atoms with van der Waals surface area (Å²) in [6.45, 7) is 2.13. The lowest BCUT2D eigenvalue weighted by Crippen LogP contribution is -2.28. The van der Waals surface area contributed by atoms with Gasteiger partial charge in [0.05, 0.1) is 0 Å². The molecule has 0 bridgehead atoms. The Bertz CT molecular complexity index is 88.7. The second kappa shape index (κ2) is 2.30. The van der Waals surface area contributed by atoms with Crippen LogP contribution in [0.25, 0.3) is 0 Å². The highest BCUT2D eigenvalue weighted by atomic mass is 15.0. The van der Waals surface area contributed by atoms with E-state index < -0.39 is 0 Å². The van der Waals surface area contributed by atoms with E-state index in [1.807, 2.05) is 0 Å². The molecular weight excluding hydrogens is 110 g/mol. The van der Waals surface area contributed by atoms with Crippen LogP contribution in [0.2, 0.25) is 0 Å². The van der Waals surface area contributed by atoms with Crippen LogP contribution in [0.3, 0.4) is 0 Å². The lowest BCUT2D eigenvalue weighted by atomic mass is 9.86. The summed E-state index contributed by atoms with van der Waals surface area (Å²) >= 11 is 0. The maximum absolute atomic E-state index is 3.38. The molecule has 1 nitrogen and oxygen atoms in total. The topological polar surface area (TPSA) is 12.0 Å². The largest absolute Gasteiger partial charge is 0.309 e. The third kappa shape index (κ3) is 0.983. The van der Waals surface area contributed by atoms with E-state index in [1.54, 1.807) is 0 Å². The first kappa shape index (κ1) is 5.72. The molecule has 1 saturated carbocycles. The summed E-state index contributed by atoms with van der Waals surface area (Å²) in [5.74, 6) is 0.874. The highest BCUT2D eigenvalue weighted by Crippen LogP contribution is 2.30. The Hall–Kier alpha value is -0.0400. The number of hydrogen-bond donors (Lipinski definition) is 1. The van der Waals surface area contributed by atoms with E-state index in [1.165, 1.54) is 25.7 Å². The maximum atomic E-state index is 3.38. The van der Waals surface area contributed by atoms with Crippen molar-refractivity contribution < 1.29 is 0 Å². The van der Waals surface area contributed by atoms with Gasteiger partial charge in [-0.2, -0.15) is 0 Å². The van der Waals surface area contributed by atoms with Gasteiger partial charge in [0, 0.05) is 12.6 Å². The van der Waals surface area contributed by atoms with Crippen molar-refractivity contribution in [1.29, 1.82) is 0 Å². The van der Waals surface area contributed by atoms with Crippen molar-refractivity contribution in [3.63, 3.8) is 0 Å². The predicted octanol–water partition coefficient (Wildman–Crippen LogP) is 1.51. The third-order valence-electron chi connectivity index (χ3n) is 2.47. The quantitative estimate of drug-likeness (QED) is 0.515. The third-order valence-corrected chi connectivity index (χ3v) is 2.47. The fourth-order valence-electron chi connectivity index (χ4n) is 1.90. The first-order chi connectivity index (χ1) is 4.47. The highest BCUT2D eigenvalue weighted by Gasteiger charge is 2.28. The molecule has 2 aliphatic rings. The SMILES string of the molecule is [CH]1[CH]C2CCCCC2N1. The van der Waals surface area contributed by atoms with Crippen LogP contribution in [0.5, 0.6) is 0 Å². The van der Waals surface area contributed by atoms with Crippen molar-refractivity contribution in [2.24, 2.45) is 5.92 Å². The molecule has 2 unspecified atom stereocenters. The standard InChI is InChI=1S/C8H13N/c1-2-4-8-7(3-1)5-6-9-8/h5-9H,1-4H2. The molecule has 1 aliphatic heterocycles. The van der Waals surface area contributed by atoms with Crippen molar-refractivity contribution in [3.8, 4) is 0 Å². The summed E-state index contributed by atoms with van der Waals surface area (Å²) in [7, 11) is 0. The van der Waals surface area contributed by atoms with Crippen LogP contribution < -0.4 is 5.32 Å². The second-order valence-electron chi connectivity index (χ2n) is 3.08. The minimum Gasteiger partial charge on any atom is -0.309 e. The van der Waals surface area contributed by atoms with Gasteiger partial charge in [0.15, 0.2) is 0 Å². The number of fused-ring (bicyclic) bond motifs is 1. The van der Waals surface area contributed by atoms with Crippen molar-refractivity contribution in [3.05, 3.63) is 13.0 Å². The molecule has 2 rings (SSSR count). The monoisotopic (exact) mass is 123 g/mol. The van der Waals surface area contributed by atoms with Crippen LogP contribution in [0.1, 0.15) is 25.7 Å². The van der Waals surface area contributed by atoms with Gasteiger partial charge < -0.3 is 5.32 Å². The van der Waals surface area contributed by atoms with E-state index in [0.717, 1.165) is 12.0 Å². The Morgan fingerprint density at radius 2 is 2.11 bits per heavy atom. The molecule has 9 heavy (non-hydrogen) atoms. The van der Waals surface area contributed by atoms with Crippen LogP contribution in [0.4, 0.5) is 0 Å². The van der Waals surface area contributed by atoms with E-state index in [9.17, 15) is 0 Å². The minimum absolute atomic E-state index is 0.804. The highest BCUT2D eigenvalue weighted by molar-refractivity contribution is 5.04. The maximum Gasteiger partial charge on any atom is 0.0261 e. The minimum atomic E-state index is 0.804. The second-order valence-corrected chi connectivity index (χ2v) is 3.08. The normalized spacial score (nSPS) is 42.7. The Labute approximate surface area is 56.8 Å². The summed E-state index contributed by atoms with van der Waals surface area (Å²) in [4.78, 5) is 0. The van der Waals surface area contributed by atoms with Gasteiger partial charge in [-0.3, -0.25) is 0 Å². The fourth-order valence-corrected chi connectivity index (χ4v) is 1.90. The van der Waals surface area contributed by atoms with Gasteiger partial charge in [0.2, 0.25) is 0 Å². The van der Waals surface area contributed by atoms with E-state index in [2.05, 4.69) is 18.3 Å². The predicted molar refractivity (Wildman–Crippen MR) is 37.5 cm³/mol. The van der Waals surface area contributed by atoms with Crippen LogP contribution in [-0.4, -0.2) is 6.04 Å². The van der Waals surface area contributed by atoms with E-state index in [0.29, 0.717) is 0 Å². The van der Waals surface area contributed by atoms with Gasteiger partial charge in [0.1, 0.15) is 0 Å². The average molecular weight is 123 g/mol. The fraction of sp³-hybridized carbons (Fsp3) is 0.750. The molecule has 0 aromatic heterocycles. The zero-order valence-electron chi connectivity index (χ0n) is 5.64. The van der Waals surface area contributed by atoms with E-state index >= 15 is 0 Å². The Balaban J connectivity index is 1.97.